The lowest BCUT2D eigenvalue weighted by Crippen LogP contribution is -2.04. The summed E-state index contributed by atoms with van der Waals surface area (Å²) < 4.78 is 0. The summed E-state index contributed by atoms with van der Waals surface area (Å²) in [7, 11) is 0. The Bertz CT molecular complexity index is 516. The van der Waals surface area contributed by atoms with Gasteiger partial charge in [-0.2, -0.15) is 0 Å². The van der Waals surface area contributed by atoms with Crippen LogP contribution in [0.5, 0.6) is 0 Å². The molecule has 0 saturated heterocycles. The average molecular weight is 240 g/mol. The van der Waals surface area contributed by atoms with E-state index in [1.807, 2.05) is 0 Å². The summed E-state index contributed by atoms with van der Waals surface area (Å²) in [6.45, 7) is 3.64. The van der Waals surface area contributed by atoms with Gasteiger partial charge in [0.1, 0.15) is 0 Å². The van der Waals surface area contributed by atoms with E-state index in [2.05, 4.69) is 49.0 Å². The highest BCUT2D eigenvalue weighted by atomic mass is 16.3. The van der Waals surface area contributed by atoms with Gasteiger partial charge in [-0.15, -0.1) is 6.58 Å². The van der Waals surface area contributed by atoms with Crippen molar-refractivity contribution in [2.45, 2.75) is 31.8 Å². The minimum Gasteiger partial charge on any atom is -0.393 e. The van der Waals surface area contributed by atoms with E-state index in [0.29, 0.717) is 6.42 Å². The number of benzene rings is 2. The van der Waals surface area contributed by atoms with E-state index in [-0.39, 0.29) is 6.10 Å². The van der Waals surface area contributed by atoms with E-state index in [1.165, 1.54) is 16.3 Å². The van der Waals surface area contributed by atoms with Crippen molar-refractivity contribution in [2.24, 2.45) is 0 Å². The van der Waals surface area contributed by atoms with Crippen molar-refractivity contribution >= 4 is 10.8 Å². The molecule has 1 atom stereocenters. The van der Waals surface area contributed by atoms with Gasteiger partial charge in [0, 0.05) is 0 Å². The standard InChI is InChI=1S/C17H20O/c1-2-6-17(18)10-5-7-14-11-12-15-8-3-4-9-16(15)13-14/h2-4,8-9,11-13,17-18H,1,5-7,10H2. The molecule has 2 aromatic rings. The van der Waals surface area contributed by atoms with E-state index in [1.54, 1.807) is 6.08 Å². The Labute approximate surface area is 109 Å². The Hall–Kier alpha value is -1.60. The number of rotatable bonds is 6. The van der Waals surface area contributed by atoms with Gasteiger partial charge in [-0.05, 0) is 42.0 Å². The van der Waals surface area contributed by atoms with E-state index < -0.39 is 0 Å². The Morgan fingerprint density at radius 1 is 1.11 bits per heavy atom. The number of aryl methyl sites for hydroxylation is 1. The number of fused-ring (bicyclic) bond motifs is 1. The average Bonchev–Trinajstić information content (AvgIpc) is 2.39. The smallest absolute Gasteiger partial charge is 0.0574 e. The van der Waals surface area contributed by atoms with Crippen LogP contribution in [-0.2, 0) is 6.42 Å². The van der Waals surface area contributed by atoms with Crippen molar-refractivity contribution in [3.63, 3.8) is 0 Å². The van der Waals surface area contributed by atoms with Crippen LogP contribution in [-0.4, -0.2) is 11.2 Å². The summed E-state index contributed by atoms with van der Waals surface area (Å²) in [6, 6.07) is 15.0. The van der Waals surface area contributed by atoms with E-state index in [4.69, 9.17) is 0 Å². The summed E-state index contributed by atoms with van der Waals surface area (Å²) in [4.78, 5) is 0. The van der Waals surface area contributed by atoms with Gasteiger partial charge in [-0.3, -0.25) is 0 Å². The lowest BCUT2D eigenvalue weighted by atomic mass is 10.0. The van der Waals surface area contributed by atoms with Crippen molar-refractivity contribution in [2.75, 3.05) is 0 Å². The Balaban J connectivity index is 1.93. The first-order valence-corrected chi connectivity index (χ1v) is 6.56. The molecule has 0 aliphatic rings. The third kappa shape index (κ3) is 3.44. The lowest BCUT2D eigenvalue weighted by molar-refractivity contribution is 0.165. The second-order valence-electron chi connectivity index (χ2n) is 4.75. The predicted molar refractivity (Wildman–Crippen MR) is 77.7 cm³/mol. The second-order valence-corrected chi connectivity index (χ2v) is 4.75. The number of hydrogen-bond donors (Lipinski definition) is 1. The van der Waals surface area contributed by atoms with Crippen LogP contribution in [0.1, 0.15) is 24.8 Å². The fraction of sp³-hybridized carbons (Fsp3) is 0.294. The predicted octanol–water partition coefficient (Wildman–Crippen LogP) is 4.10. The van der Waals surface area contributed by atoms with Gasteiger partial charge < -0.3 is 5.11 Å². The molecule has 1 N–H and O–H groups in total. The quantitative estimate of drug-likeness (QED) is 0.754. The Morgan fingerprint density at radius 3 is 2.67 bits per heavy atom. The highest BCUT2D eigenvalue weighted by Crippen LogP contribution is 2.17. The highest BCUT2D eigenvalue weighted by molar-refractivity contribution is 5.82. The highest BCUT2D eigenvalue weighted by Gasteiger charge is 2.02. The van der Waals surface area contributed by atoms with Gasteiger partial charge >= 0.3 is 0 Å². The monoisotopic (exact) mass is 240 g/mol. The molecule has 18 heavy (non-hydrogen) atoms. The van der Waals surface area contributed by atoms with Crippen LogP contribution in [0.2, 0.25) is 0 Å². The number of hydrogen-bond acceptors (Lipinski definition) is 1. The van der Waals surface area contributed by atoms with Crippen LogP contribution in [0, 0.1) is 0 Å². The largest absolute Gasteiger partial charge is 0.393 e. The summed E-state index contributed by atoms with van der Waals surface area (Å²) in [5.74, 6) is 0. The molecule has 0 aliphatic carbocycles. The Kier molecular flexibility index (Phi) is 4.54. The third-order valence-electron chi connectivity index (χ3n) is 3.26. The van der Waals surface area contributed by atoms with Gasteiger partial charge in [-0.25, -0.2) is 0 Å². The topological polar surface area (TPSA) is 20.2 Å². The van der Waals surface area contributed by atoms with E-state index in [9.17, 15) is 5.11 Å². The third-order valence-corrected chi connectivity index (χ3v) is 3.26. The van der Waals surface area contributed by atoms with Crippen molar-refractivity contribution in [3.8, 4) is 0 Å². The summed E-state index contributed by atoms with van der Waals surface area (Å²) in [5.41, 5.74) is 1.35. The van der Waals surface area contributed by atoms with Crippen molar-refractivity contribution in [1.29, 1.82) is 0 Å². The molecule has 0 heterocycles. The number of aliphatic hydroxyl groups excluding tert-OH is 1. The van der Waals surface area contributed by atoms with Crippen molar-refractivity contribution in [1.82, 2.24) is 0 Å². The van der Waals surface area contributed by atoms with Crippen LogP contribution < -0.4 is 0 Å². The maximum Gasteiger partial charge on any atom is 0.0574 e. The molecule has 0 aliphatic heterocycles. The molecule has 94 valence electrons. The maximum absolute atomic E-state index is 9.63. The van der Waals surface area contributed by atoms with Crippen molar-refractivity contribution < 1.29 is 5.11 Å². The molecule has 0 bridgehead atoms. The van der Waals surface area contributed by atoms with Crippen LogP contribution in [0.15, 0.2) is 55.1 Å². The molecule has 0 amide bonds. The minimum absolute atomic E-state index is 0.233. The molecule has 0 fully saturated rings. The molecule has 0 spiro atoms. The zero-order valence-electron chi connectivity index (χ0n) is 10.7. The van der Waals surface area contributed by atoms with Gasteiger partial charge in [0.2, 0.25) is 0 Å². The number of aliphatic hydroxyl groups is 1. The molecule has 1 unspecified atom stereocenters. The van der Waals surface area contributed by atoms with Crippen LogP contribution in [0.4, 0.5) is 0 Å². The molecule has 0 saturated carbocycles. The molecular weight excluding hydrogens is 220 g/mol. The normalized spacial score (nSPS) is 12.5. The fourth-order valence-electron chi connectivity index (χ4n) is 2.25. The zero-order valence-corrected chi connectivity index (χ0v) is 10.7. The van der Waals surface area contributed by atoms with E-state index in [0.717, 1.165) is 19.3 Å². The maximum atomic E-state index is 9.63. The first kappa shape index (κ1) is 12.8. The van der Waals surface area contributed by atoms with Crippen LogP contribution in [0.3, 0.4) is 0 Å². The molecule has 0 aromatic heterocycles. The van der Waals surface area contributed by atoms with Gasteiger partial charge in [0.25, 0.3) is 0 Å². The van der Waals surface area contributed by atoms with E-state index >= 15 is 0 Å². The molecule has 0 radical (unpaired) electrons. The zero-order chi connectivity index (χ0) is 12.8. The molecule has 2 aromatic carbocycles. The van der Waals surface area contributed by atoms with Gasteiger partial charge in [0.05, 0.1) is 6.10 Å². The summed E-state index contributed by atoms with van der Waals surface area (Å²) in [6.07, 6.45) is 5.13. The van der Waals surface area contributed by atoms with Gasteiger partial charge in [0.15, 0.2) is 0 Å². The van der Waals surface area contributed by atoms with Gasteiger partial charge in [-0.1, -0.05) is 48.5 Å². The second kappa shape index (κ2) is 6.36. The molecule has 1 heteroatoms. The summed E-state index contributed by atoms with van der Waals surface area (Å²) in [5, 5.41) is 12.2. The minimum atomic E-state index is -0.233. The SMILES string of the molecule is C=CCC(O)CCCc1ccc2ccccc2c1. The molecule has 2 rings (SSSR count). The lowest BCUT2D eigenvalue weighted by Gasteiger charge is -2.08. The first-order valence-electron chi connectivity index (χ1n) is 6.56. The molecular formula is C17H20O. The first-order chi connectivity index (χ1) is 8.79. The Morgan fingerprint density at radius 2 is 1.89 bits per heavy atom. The fourth-order valence-corrected chi connectivity index (χ4v) is 2.25. The molecule has 1 nitrogen and oxygen atoms in total. The summed E-state index contributed by atoms with van der Waals surface area (Å²) >= 11 is 0. The van der Waals surface area contributed by atoms with Crippen LogP contribution >= 0.6 is 0 Å². The van der Waals surface area contributed by atoms with Crippen LogP contribution in [0.25, 0.3) is 10.8 Å². The van der Waals surface area contributed by atoms with Crippen molar-refractivity contribution in [3.05, 3.63) is 60.7 Å².